The average molecular weight is 287 g/mol. The molecular weight excluding hydrogens is 269 g/mol. The summed E-state index contributed by atoms with van der Waals surface area (Å²) in [5, 5.41) is 13.3. The summed E-state index contributed by atoms with van der Waals surface area (Å²) in [7, 11) is -2.80. The molecule has 94 valence electrons. The molecule has 0 spiro atoms. The van der Waals surface area contributed by atoms with Gasteiger partial charge in [0.15, 0.2) is 9.84 Å². The SMILES string of the molecule is O=C([O-])CCCCCNC1CCS(=O)(=O)C1.[K+]. The van der Waals surface area contributed by atoms with Crippen LogP contribution in [0.2, 0.25) is 0 Å². The summed E-state index contributed by atoms with van der Waals surface area (Å²) in [6.07, 6.45) is 3.15. The number of carbonyl (C=O) groups is 1. The number of carboxylic acid groups (broad SMARTS) is 1. The Morgan fingerprint density at radius 3 is 2.53 bits per heavy atom. The van der Waals surface area contributed by atoms with E-state index in [1.54, 1.807) is 0 Å². The maximum absolute atomic E-state index is 11.1. The molecule has 7 heteroatoms. The minimum absolute atomic E-state index is 0. The quantitative estimate of drug-likeness (QED) is 0.382. The van der Waals surface area contributed by atoms with Gasteiger partial charge < -0.3 is 15.2 Å². The van der Waals surface area contributed by atoms with Gasteiger partial charge in [0.25, 0.3) is 0 Å². The second-order valence-corrected chi connectivity index (χ2v) is 6.47. The molecule has 0 bridgehead atoms. The smallest absolute Gasteiger partial charge is 0.550 e. The van der Waals surface area contributed by atoms with Crippen LogP contribution in [-0.2, 0) is 14.6 Å². The Hall–Kier alpha value is 1.02. The molecule has 0 saturated carbocycles. The third-order valence-corrected chi connectivity index (χ3v) is 4.49. The Bertz CT molecular complexity index is 331. The van der Waals surface area contributed by atoms with E-state index in [4.69, 9.17) is 0 Å². The van der Waals surface area contributed by atoms with E-state index in [0.29, 0.717) is 12.8 Å². The molecule has 1 saturated heterocycles. The molecule has 1 N–H and O–H groups in total. The van der Waals surface area contributed by atoms with Crippen molar-refractivity contribution >= 4 is 15.8 Å². The molecule has 0 radical (unpaired) electrons. The summed E-state index contributed by atoms with van der Waals surface area (Å²) >= 11 is 0. The van der Waals surface area contributed by atoms with E-state index in [0.717, 1.165) is 19.4 Å². The molecule has 0 aliphatic carbocycles. The summed E-state index contributed by atoms with van der Waals surface area (Å²) in [5.41, 5.74) is 0. The van der Waals surface area contributed by atoms with Crippen LogP contribution in [0.5, 0.6) is 0 Å². The zero-order chi connectivity index (χ0) is 12.0. The molecule has 0 aromatic rings. The molecule has 0 aromatic heterocycles. The normalized spacial score (nSPS) is 22.0. The summed E-state index contributed by atoms with van der Waals surface area (Å²) in [5.74, 6) is -0.476. The molecule has 0 aromatic carbocycles. The Morgan fingerprint density at radius 1 is 1.29 bits per heavy atom. The monoisotopic (exact) mass is 287 g/mol. The number of carboxylic acids is 1. The fourth-order valence-electron chi connectivity index (χ4n) is 1.83. The Balaban J connectivity index is 0.00000256. The van der Waals surface area contributed by atoms with Gasteiger partial charge in [-0.25, -0.2) is 8.42 Å². The van der Waals surface area contributed by atoms with E-state index < -0.39 is 15.8 Å². The zero-order valence-corrected chi connectivity index (χ0v) is 14.2. The molecule has 1 atom stereocenters. The topological polar surface area (TPSA) is 86.3 Å². The Labute approximate surface area is 145 Å². The molecular formula is C10H18KNO4S. The molecule has 1 fully saturated rings. The first-order valence-corrected chi connectivity index (χ1v) is 7.45. The summed E-state index contributed by atoms with van der Waals surface area (Å²) in [4.78, 5) is 10.1. The second kappa shape index (κ2) is 9.01. The van der Waals surface area contributed by atoms with Crippen LogP contribution in [0.25, 0.3) is 0 Å². The molecule has 17 heavy (non-hydrogen) atoms. The number of rotatable bonds is 7. The van der Waals surface area contributed by atoms with E-state index in [-0.39, 0.29) is 75.4 Å². The van der Waals surface area contributed by atoms with Gasteiger partial charge in [0.2, 0.25) is 0 Å². The van der Waals surface area contributed by atoms with Gasteiger partial charge in [-0.3, -0.25) is 0 Å². The van der Waals surface area contributed by atoms with Gasteiger partial charge in [-0.2, -0.15) is 0 Å². The van der Waals surface area contributed by atoms with Crippen molar-refractivity contribution in [3.63, 3.8) is 0 Å². The summed E-state index contributed by atoms with van der Waals surface area (Å²) < 4.78 is 22.3. The summed E-state index contributed by atoms with van der Waals surface area (Å²) in [6.45, 7) is 0.757. The van der Waals surface area contributed by atoms with Crippen molar-refractivity contribution < 1.29 is 69.7 Å². The Morgan fingerprint density at radius 2 is 2.00 bits per heavy atom. The molecule has 1 aliphatic rings. The number of sulfone groups is 1. The minimum Gasteiger partial charge on any atom is -0.550 e. The molecule has 1 heterocycles. The van der Waals surface area contributed by atoms with E-state index in [1.807, 2.05) is 0 Å². The minimum atomic E-state index is -2.80. The van der Waals surface area contributed by atoms with Gasteiger partial charge in [0.05, 0.1) is 11.5 Å². The standard InChI is InChI=1S/C10H19NO4S.K/c12-10(13)4-2-1-3-6-11-9-5-7-16(14,15)8-9;/h9,11H,1-8H2,(H,12,13);/q;+1/p-1. The van der Waals surface area contributed by atoms with E-state index in [1.165, 1.54) is 0 Å². The van der Waals surface area contributed by atoms with Gasteiger partial charge in [-0.05, 0) is 32.2 Å². The third-order valence-electron chi connectivity index (χ3n) is 2.72. The van der Waals surface area contributed by atoms with Crippen molar-refractivity contribution in [2.24, 2.45) is 0 Å². The molecule has 0 amide bonds. The van der Waals surface area contributed by atoms with Crippen LogP contribution in [0.4, 0.5) is 0 Å². The number of hydrogen-bond acceptors (Lipinski definition) is 5. The molecule has 5 nitrogen and oxygen atoms in total. The van der Waals surface area contributed by atoms with Gasteiger partial charge in [0.1, 0.15) is 0 Å². The van der Waals surface area contributed by atoms with Crippen LogP contribution in [0, 0.1) is 0 Å². The van der Waals surface area contributed by atoms with Crippen molar-refractivity contribution in [3.05, 3.63) is 0 Å². The van der Waals surface area contributed by atoms with Gasteiger partial charge in [-0.15, -0.1) is 0 Å². The van der Waals surface area contributed by atoms with Crippen molar-refractivity contribution in [2.75, 3.05) is 18.1 Å². The maximum Gasteiger partial charge on any atom is 1.00 e. The van der Waals surface area contributed by atoms with Gasteiger partial charge in [0, 0.05) is 12.0 Å². The molecule has 1 aliphatic heterocycles. The predicted molar refractivity (Wildman–Crippen MR) is 58.5 cm³/mol. The average Bonchev–Trinajstić information content (AvgIpc) is 2.51. The van der Waals surface area contributed by atoms with E-state index in [9.17, 15) is 18.3 Å². The number of unbranched alkanes of at least 4 members (excludes halogenated alkanes) is 2. The largest absolute Gasteiger partial charge is 1.00 e. The first-order valence-electron chi connectivity index (χ1n) is 5.63. The number of nitrogens with one attached hydrogen (secondary N) is 1. The van der Waals surface area contributed by atoms with E-state index >= 15 is 0 Å². The van der Waals surface area contributed by atoms with Crippen molar-refractivity contribution in [1.29, 1.82) is 0 Å². The number of aliphatic carboxylic acids is 1. The van der Waals surface area contributed by atoms with Crippen LogP contribution in [-0.4, -0.2) is 38.5 Å². The number of carbonyl (C=O) groups excluding carboxylic acids is 1. The van der Waals surface area contributed by atoms with Gasteiger partial charge in [-0.1, -0.05) is 6.42 Å². The Kier molecular flexibility index (Phi) is 9.54. The van der Waals surface area contributed by atoms with Crippen molar-refractivity contribution in [1.82, 2.24) is 5.32 Å². The van der Waals surface area contributed by atoms with Crippen LogP contribution >= 0.6 is 0 Å². The van der Waals surface area contributed by atoms with Crippen LogP contribution in [0.1, 0.15) is 32.1 Å². The number of hydrogen-bond donors (Lipinski definition) is 1. The fraction of sp³-hybridized carbons (Fsp3) is 0.900. The van der Waals surface area contributed by atoms with E-state index in [2.05, 4.69) is 5.32 Å². The van der Waals surface area contributed by atoms with Crippen LogP contribution in [0.15, 0.2) is 0 Å². The third kappa shape index (κ3) is 8.69. The van der Waals surface area contributed by atoms with Crippen molar-refractivity contribution in [2.45, 2.75) is 38.1 Å². The maximum atomic E-state index is 11.1. The first-order chi connectivity index (χ1) is 7.49. The summed E-state index contributed by atoms with van der Waals surface area (Å²) in [6, 6.07) is 0.0890. The van der Waals surface area contributed by atoms with Gasteiger partial charge >= 0.3 is 51.4 Å². The van der Waals surface area contributed by atoms with Crippen LogP contribution < -0.4 is 61.8 Å². The fourth-order valence-corrected chi connectivity index (χ4v) is 3.54. The second-order valence-electron chi connectivity index (χ2n) is 4.24. The van der Waals surface area contributed by atoms with Crippen LogP contribution in [0.3, 0.4) is 0 Å². The molecule has 1 unspecified atom stereocenters. The predicted octanol–water partition coefficient (Wildman–Crippen LogP) is -3.92. The molecule has 1 rings (SSSR count). The van der Waals surface area contributed by atoms with Crippen molar-refractivity contribution in [3.8, 4) is 0 Å². The zero-order valence-electron chi connectivity index (χ0n) is 10.3. The first kappa shape index (κ1) is 18.0.